The lowest BCUT2D eigenvalue weighted by Crippen LogP contribution is -2.50. The van der Waals surface area contributed by atoms with Crippen molar-refractivity contribution in [2.24, 2.45) is 0 Å². The van der Waals surface area contributed by atoms with Crippen molar-refractivity contribution in [3.05, 3.63) is 48.3 Å². The van der Waals surface area contributed by atoms with Gasteiger partial charge in [0.25, 0.3) is 0 Å². The number of nitrogens with one attached hydrogen (secondary N) is 1. The van der Waals surface area contributed by atoms with E-state index in [4.69, 9.17) is 21.7 Å². The smallest absolute Gasteiger partial charge is 0.173 e. The van der Waals surface area contributed by atoms with E-state index in [2.05, 4.69) is 15.1 Å². The average Bonchev–Trinajstić information content (AvgIpc) is 2.68. The highest BCUT2D eigenvalue weighted by atomic mass is 32.1. The predicted molar refractivity (Wildman–Crippen MR) is 104 cm³/mol. The molecule has 5 nitrogen and oxygen atoms in total. The Hall–Kier alpha value is -2.54. The van der Waals surface area contributed by atoms with Crippen molar-refractivity contribution < 1.29 is 13.9 Å². The first-order chi connectivity index (χ1) is 12.7. The van der Waals surface area contributed by atoms with Gasteiger partial charge in [-0.2, -0.15) is 0 Å². The Morgan fingerprint density at radius 1 is 0.923 bits per heavy atom. The molecule has 0 amide bonds. The highest BCUT2D eigenvalue weighted by Gasteiger charge is 2.20. The van der Waals surface area contributed by atoms with Crippen molar-refractivity contribution in [2.45, 2.75) is 0 Å². The molecule has 0 bridgehead atoms. The average molecular weight is 373 g/mol. The summed E-state index contributed by atoms with van der Waals surface area (Å²) < 4.78 is 24.2. The zero-order valence-electron chi connectivity index (χ0n) is 14.3. The number of anilines is 2. The fraction of sp³-hybridized carbons (Fsp3) is 0.316. The first-order valence-corrected chi connectivity index (χ1v) is 9.06. The molecule has 1 fully saturated rings. The number of piperazine rings is 1. The lowest BCUT2D eigenvalue weighted by Gasteiger charge is -2.37. The van der Waals surface area contributed by atoms with Crippen molar-refractivity contribution in [3.63, 3.8) is 0 Å². The number of thiocarbonyl (C=S) groups is 1. The van der Waals surface area contributed by atoms with Gasteiger partial charge in [-0.1, -0.05) is 0 Å². The number of fused-ring (bicyclic) bond motifs is 1. The molecular weight excluding hydrogens is 353 g/mol. The second-order valence-electron chi connectivity index (χ2n) is 6.24. The summed E-state index contributed by atoms with van der Waals surface area (Å²) in [6, 6.07) is 12.4. The maximum Gasteiger partial charge on any atom is 0.173 e. The van der Waals surface area contributed by atoms with Crippen LogP contribution in [0.2, 0.25) is 0 Å². The number of benzene rings is 2. The first-order valence-electron chi connectivity index (χ1n) is 8.65. The number of ether oxygens (including phenoxy) is 2. The second kappa shape index (κ2) is 7.37. The molecule has 4 rings (SSSR count). The molecule has 7 heteroatoms. The Bertz CT molecular complexity index is 792. The van der Waals surface area contributed by atoms with Gasteiger partial charge in [0, 0.05) is 43.6 Å². The Morgan fingerprint density at radius 2 is 1.62 bits per heavy atom. The van der Waals surface area contributed by atoms with Gasteiger partial charge in [-0.25, -0.2) is 4.39 Å². The van der Waals surface area contributed by atoms with Gasteiger partial charge in [0.05, 0.1) is 0 Å². The predicted octanol–water partition coefficient (Wildman–Crippen LogP) is 3.12. The molecular formula is C19H20FN3O2S. The molecule has 2 aromatic carbocycles. The summed E-state index contributed by atoms with van der Waals surface area (Å²) in [5.41, 5.74) is 1.93. The molecule has 0 spiro atoms. The summed E-state index contributed by atoms with van der Waals surface area (Å²) in [5, 5.41) is 3.97. The van der Waals surface area contributed by atoms with E-state index in [-0.39, 0.29) is 5.82 Å². The van der Waals surface area contributed by atoms with Gasteiger partial charge in [-0.3, -0.25) is 0 Å². The van der Waals surface area contributed by atoms with Crippen LogP contribution in [0.1, 0.15) is 0 Å². The fourth-order valence-electron chi connectivity index (χ4n) is 3.14. The van der Waals surface area contributed by atoms with E-state index in [0.29, 0.717) is 18.3 Å². The van der Waals surface area contributed by atoms with Crippen LogP contribution in [0.5, 0.6) is 11.5 Å². The molecule has 0 radical (unpaired) electrons. The minimum atomic E-state index is -0.211. The summed E-state index contributed by atoms with van der Waals surface area (Å²) in [6.45, 7) is 4.45. The molecule has 0 atom stereocenters. The van der Waals surface area contributed by atoms with Crippen molar-refractivity contribution in [1.82, 2.24) is 4.90 Å². The van der Waals surface area contributed by atoms with Crippen LogP contribution in [0.4, 0.5) is 15.8 Å². The third kappa shape index (κ3) is 3.67. The quantitative estimate of drug-likeness (QED) is 0.816. The van der Waals surface area contributed by atoms with Crippen molar-refractivity contribution in [3.8, 4) is 11.5 Å². The Morgan fingerprint density at radius 3 is 2.35 bits per heavy atom. The summed E-state index contributed by atoms with van der Waals surface area (Å²) in [6.07, 6.45) is 0. The molecule has 1 saturated heterocycles. The van der Waals surface area contributed by atoms with Gasteiger partial charge < -0.3 is 24.6 Å². The minimum absolute atomic E-state index is 0.211. The molecule has 26 heavy (non-hydrogen) atoms. The maximum atomic E-state index is 13.1. The van der Waals surface area contributed by atoms with Gasteiger partial charge in [-0.05, 0) is 48.6 Å². The van der Waals surface area contributed by atoms with E-state index < -0.39 is 0 Å². The zero-order chi connectivity index (χ0) is 17.9. The van der Waals surface area contributed by atoms with Crippen molar-refractivity contribution in [2.75, 3.05) is 49.6 Å². The molecule has 2 aliphatic rings. The van der Waals surface area contributed by atoms with Crippen molar-refractivity contribution >= 4 is 28.7 Å². The third-order valence-corrected chi connectivity index (χ3v) is 4.91. The molecule has 0 aliphatic carbocycles. The van der Waals surface area contributed by atoms with E-state index in [1.165, 1.54) is 12.1 Å². The van der Waals surface area contributed by atoms with E-state index in [9.17, 15) is 4.39 Å². The molecule has 2 aliphatic heterocycles. The number of halogens is 1. The van der Waals surface area contributed by atoms with Crippen LogP contribution in [-0.4, -0.2) is 49.4 Å². The first kappa shape index (κ1) is 16.9. The SMILES string of the molecule is Fc1ccc(N2CCN(C(=S)Nc3ccc4c(c3)OCCO4)CC2)cc1. The van der Waals surface area contributed by atoms with E-state index in [1.807, 2.05) is 30.3 Å². The van der Waals surface area contributed by atoms with Crippen LogP contribution >= 0.6 is 12.2 Å². The molecule has 0 unspecified atom stereocenters. The molecule has 136 valence electrons. The topological polar surface area (TPSA) is 37.0 Å². The molecule has 1 N–H and O–H groups in total. The maximum absolute atomic E-state index is 13.1. The second-order valence-corrected chi connectivity index (χ2v) is 6.63. The van der Waals surface area contributed by atoms with Gasteiger partial charge >= 0.3 is 0 Å². The van der Waals surface area contributed by atoms with Gasteiger partial charge in [0.2, 0.25) is 0 Å². The summed E-state index contributed by atoms with van der Waals surface area (Å²) in [7, 11) is 0. The number of hydrogen-bond donors (Lipinski definition) is 1. The Kier molecular flexibility index (Phi) is 4.79. The van der Waals surface area contributed by atoms with Crippen LogP contribution in [0.15, 0.2) is 42.5 Å². The number of nitrogens with zero attached hydrogens (tertiary/aromatic N) is 2. The van der Waals surface area contributed by atoms with E-state index in [1.54, 1.807) is 0 Å². The highest BCUT2D eigenvalue weighted by molar-refractivity contribution is 7.80. The van der Waals surface area contributed by atoms with Crippen LogP contribution in [0.3, 0.4) is 0 Å². The van der Waals surface area contributed by atoms with Crippen LogP contribution in [0, 0.1) is 5.82 Å². The largest absolute Gasteiger partial charge is 0.486 e. The number of rotatable bonds is 2. The van der Waals surface area contributed by atoms with Crippen LogP contribution < -0.4 is 19.7 Å². The molecule has 0 aromatic heterocycles. The summed E-state index contributed by atoms with van der Waals surface area (Å²) in [4.78, 5) is 4.38. The van der Waals surface area contributed by atoms with Crippen LogP contribution in [0.25, 0.3) is 0 Å². The van der Waals surface area contributed by atoms with Crippen LogP contribution in [-0.2, 0) is 0 Å². The van der Waals surface area contributed by atoms with E-state index >= 15 is 0 Å². The Labute approximate surface area is 157 Å². The lowest BCUT2D eigenvalue weighted by atomic mass is 10.2. The molecule has 2 heterocycles. The summed E-state index contributed by atoms with van der Waals surface area (Å²) >= 11 is 5.56. The highest BCUT2D eigenvalue weighted by Crippen LogP contribution is 2.32. The molecule has 0 saturated carbocycles. The Balaban J connectivity index is 1.34. The monoisotopic (exact) mass is 373 g/mol. The summed E-state index contributed by atoms with van der Waals surface area (Å²) in [5.74, 6) is 1.29. The van der Waals surface area contributed by atoms with Gasteiger partial charge in [0.1, 0.15) is 19.0 Å². The zero-order valence-corrected chi connectivity index (χ0v) is 15.1. The third-order valence-electron chi connectivity index (χ3n) is 4.55. The lowest BCUT2D eigenvalue weighted by molar-refractivity contribution is 0.171. The fourth-order valence-corrected chi connectivity index (χ4v) is 3.44. The standard InChI is InChI=1S/C19H20FN3O2S/c20-14-1-4-16(5-2-14)22-7-9-23(10-8-22)19(26)21-15-3-6-17-18(13-15)25-12-11-24-17/h1-6,13H,7-12H2,(H,21,26). The number of hydrogen-bond acceptors (Lipinski definition) is 4. The minimum Gasteiger partial charge on any atom is -0.486 e. The van der Waals surface area contributed by atoms with E-state index in [0.717, 1.165) is 49.1 Å². The van der Waals surface area contributed by atoms with Gasteiger partial charge in [-0.15, -0.1) is 0 Å². The molecule has 2 aromatic rings. The van der Waals surface area contributed by atoms with Gasteiger partial charge in [0.15, 0.2) is 16.6 Å². The normalized spacial score (nSPS) is 16.3. The van der Waals surface area contributed by atoms with Crippen molar-refractivity contribution in [1.29, 1.82) is 0 Å².